The van der Waals surface area contributed by atoms with E-state index >= 15 is 0 Å². The molecule has 0 spiro atoms. The quantitative estimate of drug-likeness (QED) is 0.857. The van der Waals surface area contributed by atoms with Crippen molar-refractivity contribution in [3.63, 3.8) is 0 Å². The molecule has 2 nitrogen and oxygen atoms in total. The predicted molar refractivity (Wildman–Crippen MR) is 78.9 cm³/mol. The average molecular weight is 306 g/mol. The van der Waals surface area contributed by atoms with Crippen molar-refractivity contribution in [2.45, 2.75) is 19.4 Å². The molecule has 0 aromatic heterocycles. The molecule has 0 saturated heterocycles. The summed E-state index contributed by atoms with van der Waals surface area (Å²) in [5.74, 6) is 0.282. The van der Waals surface area contributed by atoms with Crippen LogP contribution in [0.5, 0.6) is 5.75 Å². The first-order chi connectivity index (χ1) is 8.69. The molecule has 2 aromatic carbocycles. The van der Waals surface area contributed by atoms with Crippen molar-refractivity contribution in [3.05, 3.63) is 58.6 Å². The van der Waals surface area contributed by atoms with E-state index < -0.39 is 0 Å². The topological polar surface area (TPSA) is 32.3 Å². The maximum atomic E-state index is 9.47. The molecule has 2 rings (SSSR count). The van der Waals surface area contributed by atoms with Crippen LogP contribution in [0, 0.1) is 0 Å². The van der Waals surface area contributed by atoms with Crippen LogP contribution in [0.15, 0.2) is 53.0 Å². The monoisotopic (exact) mass is 305 g/mol. The van der Waals surface area contributed by atoms with Gasteiger partial charge in [0.05, 0.1) is 6.04 Å². The summed E-state index contributed by atoms with van der Waals surface area (Å²) >= 11 is 3.49. The van der Waals surface area contributed by atoms with E-state index in [0.29, 0.717) is 0 Å². The van der Waals surface area contributed by atoms with Crippen molar-refractivity contribution in [2.75, 3.05) is 5.32 Å². The van der Waals surface area contributed by atoms with Crippen molar-refractivity contribution in [1.29, 1.82) is 0 Å². The fourth-order valence-electron chi connectivity index (χ4n) is 1.94. The van der Waals surface area contributed by atoms with Gasteiger partial charge in [-0.15, -0.1) is 0 Å². The van der Waals surface area contributed by atoms with Crippen LogP contribution < -0.4 is 5.32 Å². The van der Waals surface area contributed by atoms with Gasteiger partial charge in [-0.05, 0) is 36.2 Å². The van der Waals surface area contributed by atoms with E-state index in [1.165, 1.54) is 5.56 Å². The zero-order valence-corrected chi connectivity index (χ0v) is 11.8. The lowest BCUT2D eigenvalue weighted by Gasteiger charge is -2.19. The zero-order chi connectivity index (χ0) is 13.0. The maximum absolute atomic E-state index is 9.47. The van der Waals surface area contributed by atoms with E-state index in [9.17, 15) is 5.11 Å². The second kappa shape index (κ2) is 5.91. The third kappa shape index (κ3) is 3.26. The SMILES string of the molecule is CCC(Nc1cccc(O)c1)c1cccc(Br)c1. The first-order valence-electron chi connectivity index (χ1n) is 6.00. The van der Waals surface area contributed by atoms with Crippen LogP contribution in [-0.4, -0.2) is 5.11 Å². The minimum absolute atomic E-state index is 0.240. The highest BCUT2D eigenvalue weighted by Crippen LogP contribution is 2.26. The second-order valence-electron chi connectivity index (χ2n) is 4.21. The van der Waals surface area contributed by atoms with Gasteiger partial charge in [0, 0.05) is 16.2 Å². The van der Waals surface area contributed by atoms with E-state index in [2.05, 4.69) is 40.3 Å². The van der Waals surface area contributed by atoms with Crippen molar-refractivity contribution >= 4 is 21.6 Å². The van der Waals surface area contributed by atoms with Crippen LogP contribution in [0.25, 0.3) is 0 Å². The van der Waals surface area contributed by atoms with Crippen molar-refractivity contribution in [2.24, 2.45) is 0 Å². The Labute approximate surface area is 116 Å². The van der Waals surface area contributed by atoms with Gasteiger partial charge in [0.2, 0.25) is 0 Å². The van der Waals surface area contributed by atoms with Crippen LogP contribution in [0.3, 0.4) is 0 Å². The largest absolute Gasteiger partial charge is 0.508 e. The molecule has 94 valence electrons. The average Bonchev–Trinajstić information content (AvgIpc) is 2.36. The number of phenolic OH excluding ortho intramolecular Hbond substituents is 1. The van der Waals surface area contributed by atoms with Gasteiger partial charge in [-0.3, -0.25) is 0 Å². The van der Waals surface area contributed by atoms with Gasteiger partial charge in [-0.25, -0.2) is 0 Å². The minimum atomic E-state index is 0.240. The number of hydrogen-bond donors (Lipinski definition) is 2. The summed E-state index contributed by atoms with van der Waals surface area (Å²) in [6.45, 7) is 2.14. The third-order valence-electron chi connectivity index (χ3n) is 2.85. The Morgan fingerprint density at radius 2 is 1.94 bits per heavy atom. The number of benzene rings is 2. The van der Waals surface area contributed by atoms with E-state index in [0.717, 1.165) is 16.6 Å². The standard InChI is InChI=1S/C15H16BrNO/c1-2-15(11-5-3-6-12(16)9-11)17-13-7-4-8-14(18)10-13/h3-10,15,17-18H,2H2,1H3. The molecule has 0 heterocycles. The van der Waals surface area contributed by atoms with Crippen LogP contribution in [-0.2, 0) is 0 Å². The number of nitrogens with one attached hydrogen (secondary N) is 1. The lowest BCUT2D eigenvalue weighted by molar-refractivity contribution is 0.475. The van der Waals surface area contributed by atoms with Crippen molar-refractivity contribution in [1.82, 2.24) is 0 Å². The Hall–Kier alpha value is -1.48. The molecule has 1 atom stereocenters. The molecule has 0 fully saturated rings. The van der Waals surface area contributed by atoms with Gasteiger partial charge in [0.1, 0.15) is 5.75 Å². The van der Waals surface area contributed by atoms with Crippen LogP contribution in [0.4, 0.5) is 5.69 Å². The van der Waals surface area contributed by atoms with E-state index in [-0.39, 0.29) is 11.8 Å². The number of hydrogen-bond acceptors (Lipinski definition) is 2. The van der Waals surface area contributed by atoms with Gasteiger partial charge in [-0.1, -0.05) is 41.1 Å². The summed E-state index contributed by atoms with van der Waals surface area (Å²) in [6, 6.07) is 15.7. The highest BCUT2D eigenvalue weighted by molar-refractivity contribution is 9.10. The summed E-state index contributed by atoms with van der Waals surface area (Å²) in [7, 11) is 0. The molecule has 2 aromatic rings. The van der Waals surface area contributed by atoms with Crippen LogP contribution in [0.1, 0.15) is 24.9 Å². The molecule has 0 bridgehead atoms. The van der Waals surface area contributed by atoms with Crippen molar-refractivity contribution in [3.8, 4) is 5.75 Å². The molecule has 0 aliphatic heterocycles. The minimum Gasteiger partial charge on any atom is -0.508 e. The molecule has 0 aliphatic rings. The van der Waals surface area contributed by atoms with Gasteiger partial charge in [0.15, 0.2) is 0 Å². The Balaban J connectivity index is 2.19. The number of phenols is 1. The van der Waals surface area contributed by atoms with Gasteiger partial charge in [-0.2, -0.15) is 0 Å². The molecule has 1 unspecified atom stereocenters. The number of aromatic hydroxyl groups is 1. The van der Waals surface area contributed by atoms with E-state index in [4.69, 9.17) is 0 Å². The highest BCUT2D eigenvalue weighted by atomic mass is 79.9. The molecule has 0 saturated carbocycles. The fraction of sp³-hybridized carbons (Fsp3) is 0.200. The first kappa shape index (κ1) is 13.0. The summed E-state index contributed by atoms with van der Waals surface area (Å²) in [5.41, 5.74) is 2.16. The highest BCUT2D eigenvalue weighted by Gasteiger charge is 2.09. The molecule has 2 N–H and O–H groups in total. The van der Waals surface area contributed by atoms with Crippen molar-refractivity contribution < 1.29 is 5.11 Å². The first-order valence-corrected chi connectivity index (χ1v) is 6.79. The number of halogens is 1. The van der Waals surface area contributed by atoms with Crippen LogP contribution in [0.2, 0.25) is 0 Å². The summed E-state index contributed by atoms with van der Waals surface area (Å²) < 4.78 is 1.08. The molecule has 0 radical (unpaired) electrons. The Bertz CT molecular complexity index is 527. The lowest BCUT2D eigenvalue weighted by Crippen LogP contribution is -2.09. The molecule has 0 amide bonds. The normalized spacial score (nSPS) is 12.1. The summed E-state index contributed by atoms with van der Waals surface area (Å²) in [5, 5.41) is 12.9. The molecular formula is C15H16BrNO. The Morgan fingerprint density at radius 1 is 1.17 bits per heavy atom. The maximum Gasteiger partial charge on any atom is 0.117 e. The zero-order valence-electron chi connectivity index (χ0n) is 10.2. The molecule has 3 heteroatoms. The third-order valence-corrected chi connectivity index (χ3v) is 3.34. The number of anilines is 1. The summed E-state index contributed by atoms with van der Waals surface area (Å²) in [6.07, 6.45) is 0.978. The second-order valence-corrected chi connectivity index (χ2v) is 5.13. The fourth-order valence-corrected chi connectivity index (χ4v) is 2.36. The van der Waals surface area contributed by atoms with Gasteiger partial charge < -0.3 is 10.4 Å². The van der Waals surface area contributed by atoms with Gasteiger partial charge >= 0.3 is 0 Å². The smallest absolute Gasteiger partial charge is 0.117 e. The predicted octanol–water partition coefficient (Wildman–Crippen LogP) is 4.72. The van der Waals surface area contributed by atoms with E-state index in [1.54, 1.807) is 12.1 Å². The summed E-state index contributed by atoms with van der Waals surface area (Å²) in [4.78, 5) is 0. The van der Waals surface area contributed by atoms with Gasteiger partial charge in [0.25, 0.3) is 0 Å². The Morgan fingerprint density at radius 3 is 2.61 bits per heavy atom. The number of rotatable bonds is 4. The molecule has 0 aliphatic carbocycles. The van der Waals surface area contributed by atoms with Crippen LogP contribution >= 0.6 is 15.9 Å². The Kier molecular flexibility index (Phi) is 4.26. The lowest BCUT2D eigenvalue weighted by atomic mass is 10.0. The molecular weight excluding hydrogens is 290 g/mol. The molecule has 18 heavy (non-hydrogen) atoms. The van der Waals surface area contributed by atoms with E-state index in [1.807, 2.05) is 24.3 Å².